The summed E-state index contributed by atoms with van der Waals surface area (Å²) in [5.74, 6) is 0.524. The fraction of sp³-hybridized carbons (Fsp3) is 0.615. The Morgan fingerprint density at radius 1 is 1.35 bits per heavy atom. The third-order valence-electron chi connectivity index (χ3n) is 3.33. The number of rotatable bonds is 2. The zero-order chi connectivity index (χ0) is 12.6. The minimum absolute atomic E-state index is 0.154. The van der Waals surface area contributed by atoms with Gasteiger partial charge < -0.3 is 14.6 Å². The first-order valence-electron chi connectivity index (χ1n) is 5.86. The molecule has 94 valence electrons. The molecule has 1 heterocycles. The lowest BCUT2D eigenvalue weighted by atomic mass is 9.87. The minimum Gasteiger partial charge on any atom is -0.496 e. The van der Waals surface area contributed by atoms with E-state index in [1.165, 1.54) is 7.11 Å². The number of hydrogen-bond acceptors (Lipinski definition) is 3. The fourth-order valence-corrected chi connectivity index (χ4v) is 2.44. The van der Waals surface area contributed by atoms with Gasteiger partial charge in [0.1, 0.15) is 17.1 Å². The summed E-state index contributed by atoms with van der Waals surface area (Å²) in [6, 6.07) is 0. The van der Waals surface area contributed by atoms with Crippen LogP contribution in [0.4, 0.5) is 0 Å². The molecule has 0 amide bonds. The van der Waals surface area contributed by atoms with Gasteiger partial charge in [0.25, 0.3) is 0 Å². The van der Waals surface area contributed by atoms with Gasteiger partial charge >= 0.3 is 5.97 Å². The highest BCUT2D eigenvalue weighted by molar-refractivity contribution is 5.88. The summed E-state index contributed by atoms with van der Waals surface area (Å²) in [6.07, 6.45) is 2.84. The smallest absolute Gasteiger partial charge is 0.335 e. The molecule has 2 rings (SSSR count). The number of carboxylic acids is 1. The molecule has 0 unspecified atom stereocenters. The summed E-state index contributed by atoms with van der Waals surface area (Å²) in [7, 11) is 1.52. The van der Waals surface area contributed by atoms with E-state index < -0.39 is 5.97 Å². The van der Waals surface area contributed by atoms with Crippen LogP contribution in [0.15, 0.2) is 22.7 Å². The Labute approximate surface area is 101 Å². The van der Waals surface area contributed by atoms with E-state index in [-0.39, 0.29) is 5.60 Å². The van der Waals surface area contributed by atoms with Crippen molar-refractivity contribution in [3.8, 4) is 0 Å². The lowest BCUT2D eigenvalue weighted by Gasteiger charge is -2.37. The molecule has 0 saturated heterocycles. The van der Waals surface area contributed by atoms with E-state index in [0.29, 0.717) is 24.2 Å². The van der Waals surface area contributed by atoms with E-state index in [9.17, 15) is 4.79 Å². The van der Waals surface area contributed by atoms with Gasteiger partial charge in [-0.05, 0) is 33.1 Å². The zero-order valence-corrected chi connectivity index (χ0v) is 10.5. The standard InChI is InChI=1S/C13H18O4/c1-13(2)7-6-8-10(17-13)5-4-9(12(14)15)11(8)16-3/h4-7H2,1-3H3,(H,14,15). The molecule has 0 aromatic rings. The fourth-order valence-electron chi connectivity index (χ4n) is 2.44. The van der Waals surface area contributed by atoms with E-state index >= 15 is 0 Å². The van der Waals surface area contributed by atoms with E-state index in [2.05, 4.69) is 13.8 Å². The highest BCUT2D eigenvalue weighted by Crippen LogP contribution is 2.41. The summed E-state index contributed by atoms with van der Waals surface area (Å²) in [6.45, 7) is 4.11. The SMILES string of the molecule is COC1=C(C(=O)O)CCC2=C1CCC(C)(C)O2. The van der Waals surface area contributed by atoms with Crippen LogP contribution in [-0.2, 0) is 14.3 Å². The van der Waals surface area contributed by atoms with Crippen LogP contribution in [-0.4, -0.2) is 23.8 Å². The van der Waals surface area contributed by atoms with Crippen molar-refractivity contribution in [1.29, 1.82) is 0 Å². The van der Waals surface area contributed by atoms with Crippen molar-refractivity contribution in [2.75, 3.05) is 7.11 Å². The van der Waals surface area contributed by atoms with Gasteiger partial charge in [0.2, 0.25) is 0 Å². The topological polar surface area (TPSA) is 55.8 Å². The van der Waals surface area contributed by atoms with Crippen molar-refractivity contribution >= 4 is 5.97 Å². The molecule has 0 atom stereocenters. The van der Waals surface area contributed by atoms with E-state index in [1.807, 2.05) is 0 Å². The normalized spacial score (nSPS) is 23.0. The van der Waals surface area contributed by atoms with Crippen molar-refractivity contribution in [2.45, 2.75) is 45.1 Å². The van der Waals surface area contributed by atoms with Gasteiger partial charge in [-0.1, -0.05) is 0 Å². The van der Waals surface area contributed by atoms with Crippen molar-refractivity contribution in [3.05, 3.63) is 22.7 Å². The number of carboxylic acid groups (broad SMARTS) is 1. The van der Waals surface area contributed by atoms with Gasteiger partial charge in [0.05, 0.1) is 12.7 Å². The molecular formula is C13H18O4. The summed E-state index contributed by atoms with van der Waals surface area (Å²) in [4.78, 5) is 11.1. The second-order valence-corrected chi connectivity index (χ2v) is 5.08. The molecule has 0 bridgehead atoms. The first-order chi connectivity index (χ1) is 7.94. The lowest BCUT2D eigenvalue weighted by Crippen LogP contribution is -2.31. The molecule has 1 aliphatic carbocycles. The van der Waals surface area contributed by atoms with Crippen molar-refractivity contribution in [2.24, 2.45) is 0 Å². The third-order valence-corrected chi connectivity index (χ3v) is 3.33. The van der Waals surface area contributed by atoms with E-state index in [1.54, 1.807) is 0 Å². The monoisotopic (exact) mass is 238 g/mol. The number of hydrogen-bond donors (Lipinski definition) is 1. The molecule has 0 aromatic carbocycles. The van der Waals surface area contributed by atoms with Crippen molar-refractivity contribution in [1.82, 2.24) is 0 Å². The minimum atomic E-state index is -0.891. The Hall–Kier alpha value is -1.45. The van der Waals surface area contributed by atoms with Crippen LogP contribution in [0.5, 0.6) is 0 Å². The molecule has 4 nitrogen and oxygen atoms in total. The average Bonchev–Trinajstić information content (AvgIpc) is 2.25. The van der Waals surface area contributed by atoms with Crippen LogP contribution in [0.3, 0.4) is 0 Å². The van der Waals surface area contributed by atoms with E-state index in [0.717, 1.165) is 24.2 Å². The highest BCUT2D eigenvalue weighted by atomic mass is 16.5. The number of methoxy groups -OCH3 is 1. The predicted molar refractivity (Wildman–Crippen MR) is 62.3 cm³/mol. The number of ether oxygens (including phenoxy) is 2. The summed E-state index contributed by atoms with van der Waals surface area (Å²) < 4.78 is 11.2. The molecule has 2 aliphatic rings. The quantitative estimate of drug-likeness (QED) is 0.803. The largest absolute Gasteiger partial charge is 0.496 e. The number of aliphatic carboxylic acids is 1. The first kappa shape index (κ1) is 12.0. The third kappa shape index (κ3) is 2.16. The number of allylic oxidation sites excluding steroid dienone is 2. The molecule has 1 N–H and O–H groups in total. The molecule has 0 fully saturated rings. The van der Waals surface area contributed by atoms with Gasteiger partial charge in [-0.15, -0.1) is 0 Å². The predicted octanol–water partition coefficient (Wildman–Crippen LogP) is 2.61. The lowest BCUT2D eigenvalue weighted by molar-refractivity contribution is -0.133. The number of carbonyl (C=O) groups is 1. The Kier molecular flexibility index (Phi) is 2.89. The Morgan fingerprint density at radius 3 is 2.65 bits per heavy atom. The van der Waals surface area contributed by atoms with Crippen LogP contribution in [0.1, 0.15) is 39.5 Å². The van der Waals surface area contributed by atoms with Gasteiger partial charge in [0.15, 0.2) is 0 Å². The van der Waals surface area contributed by atoms with Crippen LogP contribution >= 0.6 is 0 Å². The Morgan fingerprint density at radius 2 is 2.06 bits per heavy atom. The summed E-state index contributed by atoms with van der Waals surface area (Å²) >= 11 is 0. The van der Waals surface area contributed by atoms with Gasteiger partial charge in [-0.3, -0.25) is 0 Å². The van der Waals surface area contributed by atoms with Crippen molar-refractivity contribution in [3.63, 3.8) is 0 Å². The molecule has 17 heavy (non-hydrogen) atoms. The van der Waals surface area contributed by atoms with E-state index in [4.69, 9.17) is 14.6 Å². The first-order valence-corrected chi connectivity index (χ1v) is 5.86. The van der Waals surface area contributed by atoms with Crippen LogP contribution in [0, 0.1) is 0 Å². The average molecular weight is 238 g/mol. The zero-order valence-electron chi connectivity index (χ0n) is 10.5. The molecule has 0 spiro atoms. The summed E-state index contributed by atoms with van der Waals surface area (Å²) in [5.41, 5.74) is 1.16. The Bertz CT molecular complexity index is 415. The Balaban J connectivity index is 2.40. The van der Waals surface area contributed by atoms with Crippen LogP contribution in [0.2, 0.25) is 0 Å². The summed E-state index contributed by atoms with van der Waals surface area (Å²) in [5, 5.41) is 9.13. The molecule has 0 aromatic heterocycles. The maximum Gasteiger partial charge on any atom is 0.335 e. The van der Waals surface area contributed by atoms with Crippen molar-refractivity contribution < 1.29 is 19.4 Å². The van der Waals surface area contributed by atoms with Crippen LogP contribution in [0.25, 0.3) is 0 Å². The molecule has 4 heteroatoms. The molecule has 0 radical (unpaired) electrons. The second-order valence-electron chi connectivity index (χ2n) is 5.08. The maximum atomic E-state index is 11.1. The molecular weight excluding hydrogens is 220 g/mol. The van der Waals surface area contributed by atoms with Gasteiger partial charge in [0, 0.05) is 12.0 Å². The maximum absolute atomic E-state index is 11.1. The van der Waals surface area contributed by atoms with Gasteiger partial charge in [-0.25, -0.2) is 4.79 Å². The second kappa shape index (κ2) is 4.09. The highest BCUT2D eigenvalue weighted by Gasteiger charge is 2.35. The molecule has 0 saturated carbocycles. The molecule has 1 aliphatic heterocycles. The van der Waals surface area contributed by atoms with Crippen LogP contribution < -0.4 is 0 Å². The van der Waals surface area contributed by atoms with Gasteiger partial charge in [-0.2, -0.15) is 0 Å².